The van der Waals surface area contributed by atoms with Crippen LogP contribution in [0.1, 0.15) is 54.8 Å². The third kappa shape index (κ3) is 5.34. The number of benzene rings is 2. The first-order valence-electron chi connectivity index (χ1n) is 8.88. The Morgan fingerprint density at radius 1 is 1.00 bits per heavy atom. The molecule has 0 spiro atoms. The van der Waals surface area contributed by atoms with Gasteiger partial charge in [0.1, 0.15) is 5.75 Å². The molecule has 0 saturated heterocycles. The molecular formula is C21H26N2O3. The second kappa shape index (κ2) is 9.04. The van der Waals surface area contributed by atoms with Crippen LogP contribution in [-0.2, 0) is 0 Å². The maximum absolute atomic E-state index is 12.6. The number of ether oxygens (including phenoxy) is 1. The Hall–Kier alpha value is -2.82. The highest BCUT2D eigenvalue weighted by Crippen LogP contribution is 2.21. The Morgan fingerprint density at radius 2 is 1.73 bits per heavy atom. The highest BCUT2D eigenvalue weighted by atomic mass is 16.5. The molecule has 138 valence electrons. The van der Waals surface area contributed by atoms with Gasteiger partial charge in [0.25, 0.3) is 11.8 Å². The summed E-state index contributed by atoms with van der Waals surface area (Å²) in [7, 11) is 0. The van der Waals surface area contributed by atoms with Crippen molar-refractivity contribution in [2.45, 2.75) is 46.3 Å². The van der Waals surface area contributed by atoms with Gasteiger partial charge in [-0.05, 0) is 57.5 Å². The van der Waals surface area contributed by atoms with Crippen LogP contribution in [0.25, 0.3) is 0 Å². The van der Waals surface area contributed by atoms with Crippen LogP contribution in [0, 0.1) is 0 Å². The van der Waals surface area contributed by atoms with E-state index in [1.165, 1.54) is 0 Å². The molecule has 1 atom stereocenters. The fraction of sp³-hybridized carbons (Fsp3) is 0.333. The van der Waals surface area contributed by atoms with Crippen molar-refractivity contribution in [3.05, 3.63) is 59.7 Å². The van der Waals surface area contributed by atoms with Gasteiger partial charge in [0.2, 0.25) is 0 Å². The van der Waals surface area contributed by atoms with Crippen molar-refractivity contribution in [2.24, 2.45) is 0 Å². The lowest BCUT2D eigenvalue weighted by atomic mass is 10.1. The minimum absolute atomic E-state index is 0.0310. The molecule has 2 aromatic carbocycles. The molecule has 0 bridgehead atoms. The highest BCUT2D eigenvalue weighted by Gasteiger charge is 2.14. The van der Waals surface area contributed by atoms with E-state index in [-0.39, 0.29) is 24.0 Å². The number of amides is 2. The first kappa shape index (κ1) is 19.5. The molecule has 2 aromatic rings. The van der Waals surface area contributed by atoms with Crippen molar-refractivity contribution in [3.8, 4) is 5.75 Å². The highest BCUT2D eigenvalue weighted by molar-refractivity contribution is 6.06. The van der Waals surface area contributed by atoms with E-state index in [1.54, 1.807) is 42.5 Å². The van der Waals surface area contributed by atoms with Gasteiger partial charge in [0.05, 0.1) is 11.7 Å². The Kier molecular flexibility index (Phi) is 6.78. The molecule has 2 N–H and O–H groups in total. The van der Waals surface area contributed by atoms with Gasteiger partial charge in [-0.15, -0.1) is 0 Å². The molecule has 0 radical (unpaired) electrons. The molecule has 5 heteroatoms. The molecule has 26 heavy (non-hydrogen) atoms. The molecule has 2 rings (SSSR count). The number of carbonyl (C=O) groups excluding carboxylic acids is 2. The predicted molar refractivity (Wildman–Crippen MR) is 104 cm³/mol. The molecule has 0 aliphatic rings. The largest absolute Gasteiger partial charge is 0.490 e. The van der Waals surface area contributed by atoms with Crippen LogP contribution in [-0.4, -0.2) is 24.0 Å². The number of hydrogen-bond acceptors (Lipinski definition) is 3. The van der Waals surface area contributed by atoms with Gasteiger partial charge in [0, 0.05) is 17.3 Å². The van der Waals surface area contributed by atoms with Gasteiger partial charge in [-0.25, -0.2) is 0 Å². The summed E-state index contributed by atoms with van der Waals surface area (Å²) in [6.07, 6.45) is 0.825. The zero-order valence-corrected chi connectivity index (χ0v) is 15.7. The third-order valence-electron chi connectivity index (χ3n) is 3.87. The summed E-state index contributed by atoms with van der Waals surface area (Å²) in [5, 5.41) is 5.75. The Balaban J connectivity index is 2.15. The van der Waals surface area contributed by atoms with Crippen LogP contribution in [0.4, 0.5) is 5.69 Å². The van der Waals surface area contributed by atoms with E-state index >= 15 is 0 Å². The van der Waals surface area contributed by atoms with Gasteiger partial charge < -0.3 is 15.4 Å². The van der Waals surface area contributed by atoms with Gasteiger partial charge in [-0.2, -0.15) is 0 Å². The third-order valence-corrected chi connectivity index (χ3v) is 3.87. The number of rotatable bonds is 7. The first-order valence-corrected chi connectivity index (χ1v) is 8.88. The first-order chi connectivity index (χ1) is 12.4. The van der Waals surface area contributed by atoms with Crippen LogP contribution in [0.3, 0.4) is 0 Å². The van der Waals surface area contributed by atoms with Crippen LogP contribution in [0.5, 0.6) is 5.75 Å². The van der Waals surface area contributed by atoms with E-state index in [1.807, 2.05) is 33.8 Å². The molecule has 0 fully saturated rings. The second-order valence-electron chi connectivity index (χ2n) is 6.48. The summed E-state index contributed by atoms with van der Waals surface area (Å²) < 4.78 is 5.70. The van der Waals surface area contributed by atoms with Crippen molar-refractivity contribution >= 4 is 17.5 Å². The molecule has 0 aromatic heterocycles. The van der Waals surface area contributed by atoms with Gasteiger partial charge in [0.15, 0.2) is 0 Å². The number of para-hydroxylation sites is 1. The standard InChI is InChI=1S/C21H26N2O3/c1-5-15(4)22-20(24)16-9-8-10-17(13-16)23-21(25)18-11-6-7-12-19(18)26-14(2)3/h6-15H,5H2,1-4H3,(H,22,24)(H,23,25). The molecule has 1 unspecified atom stereocenters. The summed E-state index contributed by atoms with van der Waals surface area (Å²) in [5.74, 6) is 0.102. The summed E-state index contributed by atoms with van der Waals surface area (Å²) in [6.45, 7) is 7.79. The molecule has 5 nitrogen and oxygen atoms in total. The van der Waals surface area contributed by atoms with E-state index in [9.17, 15) is 9.59 Å². The average molecular weight is 354 g/mol. The van der Waals surface area contributed by atoms with E-state index < -0.39 is 0 Å². The van der Waals surface area contributed by atoms with E-state index in [4.69, 9.17) is 4.74 Å². The minimum Gasteiger partial charge on any atom is -0.490 e. The maximum atomic E-state index is 12.6. The predicted octanol–water partition coefficient (Wildman–Crippen LogP) is 4.25. The Morgan fingerprint density at radius 3 is 2.42 bits per heavy atom. The van der Waals surface area contributed by atoms with Crippen LogP contribution >= 0.6 is 0 Å². The van der Waals surface area contributed by atoms with Crippen molar-refractivity contribution in [2.75, 3.05) is 5.32 Å². The molecule has 0 saturated carbocycles. The van der Waals surface area contributed by atoms with Crippen molar-refractivity contribution in [1.29, 1.82) is 0 Å². The van der Waals surface area contributed by atoms with Gasteiger partial charge in [-0.3, -0.25) is 9.59 Å². The zero-order valence-electron chi connectivity index (χ0n) is 15.7. The lowest BCUT2D eigenvalue weighted by Crippen LogP contribution is -2.31. The fourth-order valence-corrected chi connectivity index (χ4v) is 2.36. The number of carbonyl (C=O) groups is 2. The maximum Gasteiger partial charge on any atom is 0.259 e. The molecule has 2 amide bonds. The number of anilines is 1. The number of nitrogens with one attached hydrogen (secondary N) is 2. The molecule has 0 aliphatic carbocycles. The van der Waals surface area contributed by atoms with Crippen LogP contribution in [0.2, 0.25) is 0 Å². The molecule has 0 aliphatic heterocycles. The normalized spacial score (nSPS) is 11.7. The van der Waals surface area contributed by atoms with Gasteiger partial charge >= 0.3 is 0 Å². The van der Waals surface area contributed by atoms with Crippen molar-refractivity contribution < 1.29 is 14.3 Å². The smallest absolute Gasteiger partial charge is 0.259 e. The lowest BCUT2D eigenvalue weighted by molar-refractivity contribution is 0.0938. The van der Waals surface area contributed by atoms with E-state index in [0.717, 1.165) is 6.42 Å². The molecular weight excluding hydrogens is 328 g/mol. The quantitative estimate of drug-likeness (QED) is 0.781. The van der Waals surface area contributed by atoms with Crippen molar-refractivity contribution in [1.82, 2.24) is 5.32 Å². The number of hydrogen-bond donors (Lipinski definition) is 2. The summed E-state index contributed by atoms with van der Waals surface area (Å²) in [6, 6.07) is 14.1. The minimum atomic E-state index is -0.277. The summed E-state index contributed by atoms with van der Waals surface area (Å²) >= 11 is 0. The van der Waals surface area contributed by atoms with Crippen LogP contribution < -0.4 is 15.4 Å². The summed E-state index contributed by atoms with van der Waals surface area (Å²) in [4.78, 5) is 24.9. The lowest BCUT2D eigenvalue weighted by Gasteiger charge is -2.15. The van der Waals surface area contributed by atoms with Crippen molar-refractivity contribution in [3.63, 3.8) is 0 Å². The monoisotopic (exact) mass is 354 g/mol. The SMILES string of the molecule is CCC(C)NC(=O)c1cccc(NC(=O)c2ccccc2OC(C)C)c1. The van der Waals surface area contributed by atoms with Crippen LogP contribution in [0.15, 0.2) is 48.5 Å². The Bertz CT molecular complexity index is 771. The van der Waals surface area contributed by atoms with E-state index in [0.29, 0.717) is 22.6 Å². The van der Waals surface area contributed by atoms with Gasteiger partial charge in [-0.1, -0.05) is 25.1 Å². The topological polar surface area (TPSA) is 67.4 Å². The average Bonchev–Trinajstić information content (AvgIpc) is 2.61. The van der Waals surface area contributed by atoms with E-state index in [2.05, 4.69) is 10.6 Å². The Labute approximate surface area is 154 Å². The fourth-order valence-electron chi connectivity index (χ4n) is 2.36. The summed E-state index contributed by atoms with van der Waals surface area (Å²) in [5.41, 5.74) is 1.52. The second-order valence-corrected chi connectivity index (χ2v) is 6.48. The zero-order chi connectivity index (χ0) is 19.1. The molecule has 0 heterocycles.